The Morgan fingerprint density at radius 2 is 2.00 bits per heavy atom. The van der Waals surface area contributed by atoms with Crippen LogP contribution in [0.1, 0.15) is 5.69 Å². The molecule has 1 heterocycles. The molecule has 4 nitrogen and oxygen atoms in total. The molecule has 0 unspecified atom stereocenters. The Kier molecular flexibility index (Phi) is 2.95. The van der Waals surface area contributed by atoms with E-state index in [-0.39, 0.29) is 17.9 Å². The van der Waals surface area contributed by atoms with Gasteiger partial charge in [0, 0.05) is 18.9 Å². The number of anilines is 2. The van der Waals surface area contributed by atoms with E-state index in [1.807, 2.05) is 0 Å². The van der Waals surface area contributed by atoms with Crippen molar-refractivity contribution in [3.05, 3.63) is 41.7 Å². The minimum Gasteiger partial charge on any atom is -0.399 e. The van der Waals surface area contributed by atoms with Gasteiger partial charge in [-0.25, -0.2) is 8.78 Å². The molecule has 1 aromatic heterocycles. The normalized spacial score (nSPS) is 10.5. The predicted octanol–water partition coefficient (Wildman–Crippen LogP) is 1.89. The van der Waals surface area contributed by atoms with Gasteiger partial charge in [-0.05, 0) is 18.2 Å². The molecule has 3 N–H and O–H groups in total. The van der Waals surface area contributed by atoms with Crippen molar-refractivity contribution in [3.8, 4) is 0 Å². The Hall–Kier alpha value is -2.11. The van der Waals surface area contributed by atoms with E-state index < -0.39 is 11.6 Å². The van der Waals surface area contributed by atoms with Crippen LogP contribution in [0.25, 0.3) is 0 Å². The van der Waals surface area contributed by atoms with E-state index in [0.717, 1.165) is 12.1 Å². The first-order valence-electron chi connectivity index (χ1n) is 5.03. The average Bonchev–Trinajstić information content (AvgIpc) is 2.62. The van der Waals surface area contributed by atoms with Crippen molar-refractivity contribution in [2.45, 2.75) is 6.54 Å². The molecular weight excluding hydrogens is 226 g/mol. The first-order valence-corrected chi connectivity index (χ1v) is 5.03. The van der Waals surface area contributed by atoms with Crippen molar-refractivity contribution >= 4 is 11.4 Å². The van der Waals surface area contributed by atoms with E-state index in [0.29, 0.717) is 5.69 Å². The van der Waals surface area contributed by atoms with Crippen LogP contribution in [0.2, 0.25) is 0 Å². The number of benzene rings is 1. The number of hydrogen-bond acceptors (Lipinski definition) is 3. The number of nitrogens with zero attached hydrogens (tertiary/aromatic N) is 2. The summed E-state index contributed by atoms with van der Waals surface area (Å²) in [6.07, 6.45) is 1.76. The third-order valence-corrected chi connectivity index (χ3v) is 2.28. The zero-order valence-electron chi connectivity index (χ0n) is 9.24. The maximum absolute atomic E-state index is 13.4. The average molecular weight is 238 g/mol. The van der Waals surface area contributed by atoms with Gasteiger partial charge in [0.15, 0.2) is 11.6 Å². The highest BCUT2D eigenvalue weighted by molar-refractivity contribution is 5.54. The Morgan fingerprint density at radius 3 is 2.53 bits per heavy atom. The van der Waals surface area contributed by atoms with Crippen molar-refractivity contribution in [2.75, 3.05) is 11.1 Å². The van der Waals surface area contributed by atoms with Crippen LogP contribution in [0.4, 0.5) is 20.2 Å². The van der Waals surface area contributed by atoms with Gasteiger partial charge in [-0.1, -0.05) is 0 Å². The van der Waals surface area contributed by atoms with Crippen LogP contribution in [0.5, 0.6) is 0 Å². The van der Waals surface area contributed by atoms with Crippen molar-refractivity contribution in [2.24, 2.45) is 7.05 Å². The molecule has 1 aromatic carbocycles. The fraction of sp³-hybridized carbons (Fsp3) is 0.182. The molecule has 0 aliphatic heterocycles. The molecule has 0 radical (unpaired) electrons. The van der Waals surface area contributed by atoms with Crippen LogP contribution in [0.15, 0.2) is 24.4 Å². The first kappa shape index (κ1) is 11.4. The van der Waals surface area contributed by atoms with Gasteiger partial charge in [0.25, 0.3) is 0 Å². The lowest BCUT2D eigenvalue weighted by Crippen LogP contribution is -2.05. The van der Waals surface area contributed by atoms with Gasteiger partial charge in [-0.2, -0.15) is 5.10 Å². The topological polar surface area (TPSA) is 55.9 Å². The molecular formula is C11H12F2N4. The van der Waals surface area contributed by atoms with E-state index in [2.05, 4.69) is 10.4 Å². The highest BCUT2D eigenvalue weighted by atomic mass is 19.1. The number of halogens is 2. The van der Waals surface area contributed by atoms with Crippen LogP contribution in [-0.4, -0.2) is 9.78 Å². The molecule has 90 valence electrons. The standard InChI is InChI=1S/C11H12F2N4/c1-17-3-2-8(16-17)6-15-11-9(12)4-7(14)5-10(11)13/h2-5,15H,6,14H2,1H3. The number of aryl methyl sites for hydroxylation is 1. The Balaban J connectivity index is 2.14. The summed E-state index contributed by atoms with van der Waals surface area (Å²) >= 11 is 0. The molecule has 0 saturated carbocycles. The molecule has 2 rings (SSSR count). The molecule has 0 atom stereocenters. The zero-order chi connectivity index (χ0) is 12.4. The van der Waals surface area contributed by atoms with E-state index in [4.69, 9.17) is 5.73 Å². The molecule has 6 heteroatoms. The fourth-order valence-electron chi connectivity index (χ4n) is 1.50. The predicted molar refractivity (Wildman–Crippen MR) is 61.3 cm³/mol. The quantitative estimate of drug-likeness (QED) is 0.803. The van der Waals surface area contributed by atoms with Crippen LogP contribution in [0.3, 0.4) is 0 Å². The van der Waals surface area contributed by atoms with Crippen LogP contribution < -0.4 is 11.1 Å². The first-order chi connectivity index (χ1) is 8.06. The molecule has 0 fully saturated rings. The minimum atomic E-state index is -0.710. The number of aromatic nitrogens is 2. The summed E-state index contributed by atoms with van der Waals surface area (Å²) in [6, 6.07) is 3.91. The molecule has 2 aromatic rings. The second-order valence-electron chi connectivity index (χ2n) is 3.69. The number of hydrogen-bond donors (Lipinski definition) is 2. The van der Waals surface area contributed by atoms with Crippen LogP contribution in [0, 0.1) is 11.6 Å². The molecule has 0 aliphatic carbocycles. The van der Waals surface area contributed by atoms with Gasteiger partial charge < -0.3 is 11.1 Å². The van der Waals surface area contributed by atoms with Gasteiger partial charge in [-0.15, -0.1) is 0 Å². The molecule has 0 bridgehead atoms. The van der Waals surface area contributed by atoms with E-state index in [9.17, 15) is 8.78 Å². The van der Waals surface area contributed by atoms with E-state index in [1.165, 1.54) is 0 Å². The summed E-state index contributed by atoms with van der Waals surface area (Å²) in [5.41, 5.74) is 5.88. The third-order valence-electron chi connectivity index (χ3n) is 2.28. The molecule has 0 spiro atoms. The van der Waals surface area contributed by atoms with Gasteiger partial charge in [0.2, 0.25) is 0 Å². The third kappa shape index (κ3) is 2.52. The fourth-order valence-corrected chi connectivity index (χ4v) is 1.50. The largest absolute Gasteiger partial charge is 0.399 e. The Morgan fingerprint density at radius 1 is 1.35 bits per heavy atom. The van der Waals surface area contributed by atoms with Gasteiger partial charge in [0.05, 0.1) is 12.2 Å². The minimum absolute atomic E-state index is 0.0587. The molecule has 0 saturated heterocycles. The van der Waals surface area contributed by atoms with Gasteiger partial charge in [-0.3, -0.25) is 4.68 Å². The Bertz CT molecular complexity index is 513. The smallest absolute Gasteiger partial charge is 0.151 e. The number of nitrogens with one attached hydrogen (secondary N) is 1. The van der Waals surface area contributed by atoms with Gasteiger partial charge >= 0.3 is 0 Å². The number of nitrogen functional groups attached to an aromatic ring is 1. The van der Waals surface area contributed by atoms with Gasteiger partial charge in [0.1, 0.15) is 5.69 Å². The van der Waals surface area contributed by atoms with Crippen molar-refractivity contribution in [1.29, 1.82) is 0 Å². The van der Waals surface area contributed by atoms with Crippen LogP contribution >= 0.6 is 0 Å². The van der Waals surface area contributed by atoms with E-state index >= 15 is 0 Å². The molecule has 0 aliphatic rings. The van der Waals surface area contributed by atoms with Crippen molar-refractivity contribution in [1.82, 2.24) is 9.78 Å². The zero-order valence-corrected chi connectivity index (χ0v) is 9.24. The summed E-state index contributed by atoms with van der Waals surface area (Å²) in [7, 11) is 1.77. The maximum atomic E-state index is 13.4. The number of nitrogens with two attached hydrogens (primary N) is 1. The second-order valence-corrected chi connectivity index (χ2v) is 3.69. The van der Waals surface area contributed by atoms with Crippen LogP contribution in [-0.2, 0) is 13.6 Å². The lowest BCUT2D eigenvalue weighted by Gasteiger charge is -2.08. The second kappa shape index (κ2) is 4.40. The van der Waals surface area contributed by atoms with Crippen molar-refractivity contribution < 1.29 is 8.78 Å². The highest BCUT2D eigenvalue weighted by Gasteiger charge is 2.10. The molecule has 0 amide bonds. The lowest BCUT2D eigenvalue weighted by atomic mass is 10.2. The maximum Gasteiger partial charge on any atom is 0.151 e. The summed E-state index contributed by atoms with van der Waals surface area (Å²) in [5.74, 6) is -1.42. The summed E-state index contributed by atoms with van der Waals surface area (Å²) in [4.78, 5) is 0. The Labute approximate surface area is 97.0 Å². The van der Waals surface area contributed by atoms with Crippen molar-refractivity contribution in [3.63, 3.8) is 0 Å². The summed E-state index contributed by atoms with van der Waals surface area (Å²) in [5, 5.41) is 6.74. The SMILES string of the molecule is Cn1ccc(CNc2c(F)cc(N)cc2F)n1. The molecule has 17 heavy (non-hydrogen) atoms. The highest BCUT2D eigenvalue weighted by Crippen LogP contribution is 2.22. The summed E-state index contributed by atoms with van der Waals surface area (Å²) in [6.45, 7) is 0.249. The number of rotatable bonds is 3. The monoisotopic (exact) mass is 238 g/mol. The lowest BCUT2D eigenvalue weighted by molar-refractivity contribution is 0.588. The van der Waals surface area contributed by atoms with E-state index in [1.54, 1.807) is 24.0 Å². The summed E-state index contributed by atoms with van der Waals surface area (Å²) < 4.78 is 28.4.